The lowest BCUT2D eigenvalue weighted by atomic mass is 10.1. The second kappa shape index (κ2) is 35.4. The zero-order valence-electron chi connectivity index (χ0n) is 31.1. The van der Waals surface area contributed by atoms with Crippen molar-refractivity contribution < 1.29 is 37.6 Å². The fourth-order valence-corrected chi connectivity index (χ4v) is 5.81. The molecule has 0 aromatic carbocycles. The molecular formula is C39H73O8P. The van der Waals surface area contributed by atoms with Gasteiger partial charge in [0.05, 0.1) is 6.61 Å². The van der Waals surface area contributed by atoms with Gasteiger partial charge in [0.15, 0.2) is 6.10 Å². The maximum absolute atomic E-state index is 12.4. The van der Waals surface area contributed by atoms with Crippen LogP contribution in [0.1, 0.15) is 187 Å². The minimum absolute atomic E-state index is 0.231. The first-order valence-electron chi connectivity index (χ1n) is 19.5. The first-order valence-corrected chi connectivity index (χ1v) is 21.0. The Morgan fingerprint density at radius 3 is 1.35 bits per heavy atom. The Labute approximate surface area is 294 Å². The normalized spacial score (nSPS) is 13.7. The van der Waals surface area contributed by atoms with Gasteiger partial charge in [-0.25, -0.2) is 4.57 Å². The van der Waals surface area contributed by atoms with Gasteiger partial charge in [-0.05, 0) is 64.2 Å². The van der Waals surface area contributed by atoms with Crippen molar-refractivity contribution in [1.82, 2.24) is 0 Å². The lowest BCUT2D eigenvalue weighted by Gasteiger charge is -2.19. The molecule has 0 spiro atoms. The summed E-state index contributed by atoms with van der Waals surface area (Å²) in [6, 6.07) is 0. The minimum atomic E-state index is -4.26. The van der Waals surface area contributed by atoms with E-state index in [4.69, 9.17) is 14.0 Å². The highest BCUT2D eigenvalue weighted by atomic mass is 31.2. The molecule has 0 bridgehead atoms. The zero-order valence-corrected chi connectivity index (χ0v) is 32.0. The third-order valence-electron chi connectivity index (χ3n) is 8.42. The molecule has 0 rings (SSSR count). The van der Waals surface area contributed by atoms with Gasteiger partial charge in [0.25, 0.3) is 0 Å². The number of rotatable bonds is 36. The summed E-state index contributed by atoms with van der Waals surface area (Å²) >= 11 is 0. The van der Waals surface area contributed by atoms with E-state index in [9.17, 15) is 19.0 Å². The fraction of sp³-hybridized carbons (Fsp3) is 0.846. The second-order valence-electron chi connectivity index (χ2n) is 13.1. The number of phosphoric acid groups is 1. The molecule has 2 atom stereocenters. The smallest absolute Gasteiger partial charge is 0.462 e. The zero-order chi connectivity index (χ0) is 35.4. The summed E-state index contributed by atoms with van der Waals surface area (Å²) in [6.07, 6.45) is 37.9. The number of unbranched alkanes of at least 4 members (excludes halogenated alkanes) is 21. The number of allylic oxidation sites excluding steroid dienone is 4. The van der Waals surface area contributed by atoms with Crippen LogP contribution >= 0.6 is 7.82 Å². The Morgan fingerprint density at radius 2 is 0.938 bits per heavy atom. The van der Waals surface area contributed by atoms with E-state index in [0.29, 0.717) is 6.42 Å². The third kappa shape index (κ3) is 34.4. The van der Waals surface area contributed by atoms with Gasteiger partial charge < -0.3 is 14.4 Å². The monoisotopic (exact) mass is 701 g/mol. The Kier molecular flexibility index (Phi) is 34.3. The van der Waals surface area contributed by atoms with Crippen molar-refractivity contribution in [2.24, 2.45) is 0 Å². The van der Waals surface area contributed by atoms with Crippen LogP contribution in [0.4, 0.5) is 0 Å². The van der Waals surface area contributed by atoms with Crippen molar-refractivity contribution in [3.05, 3.63) is 24.3 Å². The summed E-state index contributed by atoms with van der Waals surface area (Å²) in [7, 11) is -3.20. The molecule has 1 unspecified atom stereocenters. The quantitative estimate of drug-likeness (QED) is 0.0298. The van der Waals surface area contributed by atoms with Crippen LogP contribution in [0.25, 0.3) is 0 Å². The summed E-state index contributed by atoms with van der Waals surface area (Å²) in [5, 5.41) is 0. The number of hydrogen-bond acceptors (Lipinski definition) is 7. The van der Waals surface area contributed by atoms with Gasteiger partial charge in [0, 0.05) is 20.0 Å². The van der Waals surface area contributed by atoms with Crippen LogP contribution in [0.15, 0.2) is 24.3 Å². The molecule has 8 nitrogen and oxygen atoms in total. The molecule has 0 aromatic heterocycles. The SMILES string of the molecule is CCCCCCC/C=C\CCCCCCCC(=O)O[C@H](COC(=O)CCCCCCC/C=C\CCCCCCCC)COP(=O)(O)OC. The van der Waals surface area contributed by atoms with Crippen molar-refractivity contribution in [3.8, 4) is 0 Å². The third-order valence-corrected chi connectivity index (χ3v) is 9.35. The molecule has 0 aliphatic carbocycles. The maximum atomic E-state index is 12.4. The summed E-state index contributed by atoms with van der Waals surface area (Å²) in [5.74, 6) is -0.821. The molecule has 0 aliphatic rings. The molecule has 0 saturated heterocycles. The van der Waals surface area contributed by atoms with Crippen LogP contribution < -0.4 is 0 Å². The Morgan fingerprint density at radius 1 is 0.562 bits per heavy atom. The molecule has 282 valence electrons. The average Bonchev–Trinajstić information content (AvgIpc) is 3.07. The summed E-state index contributed by atoms with van der Waals surface area (Å²) in [5.41, 5.74) is 0. The lowest BCUT2D eigenvalue weighted by Crippen LogP contribution is -2.29. The number of phosphoric ester groups is 1. The van der Waals surface area contributed by atoms with Crippen LogP contribution in [0.2, 0.25) is 0 Å². The highest BCUT2D eigenvalue weighted by Crippen LogP contribution is 2.42. The van der Waals surface area contributed by atoms with E-state index in [-0.39, 0.29) is 25.4 Å². The molecule has 0 aromatic rings. The van der Waals surface area contributed by atoms with Crippen molar-refractivity contribution in [1.29, 1.82) is 0 Å². The van der Waals surface area contributed by atoms with Gasteiger partial charge in [-0.2, -0.15) is 0 Å². The van der Waals surface area contributed by atoms with E-state index in [0.717, 1.165) is 77.7 Å². The second-order valence-corrected chi connectivity index (χ2v) is 14.6. The van der Waals surface area contributed by atoms with Gasteiger partial charge in [-0.1, -0.05) is 134 Å². The summed E-state index contributed by atoms with van der Waals surface area (Å²) in [6.45, 7) is 3.85. The average molecular weight is 701 g/mol. The van der Waals surface area contributed by atoms with Crippen molar-refractivity contribution >= 4 is 19.8 Å². The topological polar surface area (TPSA) is 108 Å². The lowest BCUT2D eigenvalue weighted by molar-refractivity contribution is -0.161. The van der Waals surface area contributed by atoms with Crippen LogP contribution in [0, 0.1) is 0 Å². The molecule has 0 amide bonds. The van der Waals surface area contributed by atoms with Gasteiger partial charge in [0.2, 0.25) is 0 Å². The first kappa shape index (κ1) is 46.5. The van der Waals surface area contributed by atoms with Crippen LogP contribution in [-0.4, -0.2) is 43.3 Å². The molecule has 0 radical (unpaired) electrons. The van der Waals surface area contributed by atoms with E-state index in [1.807, 2.05) is 0 Å². The molecule has 1 N–H and O–H groups in total. The van der Waals surface area contributed by atoms with Gasteiger partial charge in [0.1, 0.15) is 6.61 Å². The summed E-state index contributed by atoms with van der Waals surface area (Å²) < 4.78 is 31.9. The molecule has 0 saturated carbocycles. The van der Waals surface area contributed by atoms with Crippen molar-refractivity contribution in [2.75, 3.05) is 20.3 Å². The highest BCUT2D eigenvalue weighted by Gasteiger charge is 2.24. The van der Waals surface area contributed by atoms with Gasteiger partial charge in [-0.15, -0.1) is 0 Å². The van der Waals surface area contributed by atoms with Gasteiger partial charge in [-0.3, -0.25) is 18.6 Å². The Balaban J connectivity index is 4.07. The number of carbonyl (C=O) groups excluding carboxylic acids is 2. The molecule has 0 aliphatic heterocycles. The fourth-order valence-electron chi connectivity index (χ4n) is 5.35. The molecule has 0 heterocycles. The molecule has 9 heteroatoms. The standard InChI is InChI=1S/C39H73O8P/c1-4-6-8-10-12-14-16-18-20-22-23-25-27-29-31-33-38(40)45-35-37(36-46-48(42,43)44-3)47-39(41)34-32-30-28-26-24-21-19-17-15-13-11-9-7-5-2/h17-20,37H,4-16,21-36H2,1-3H3,(H,42,43)/b19-17-,20-18-/t37-/m1/s1. The van der Waals surface area contributed by atoms with Gasteiger partial charge >= 0.3 is 19.8 Å². The predicted octanol–water partition coefficient (Wildman–Crippen LogP) is 11.9. The molecule has 0 fully saturated rings. The molecular weight excluding hydrogens is 627 g/mol. The minimum Gasteiger partial charge on any atom is -0.462 e. The van der Waals surface area contributed by atoms with Crippen LogP contribution in [0.3, 0.4) is 0 Å². The molecule has 48 heavy (non-hydrogen) atoms. The van der Waals surface area contributed by atoms with E-state index in [1.165, 1.54) is 83.5 Å². The largest absolute Gasteiger partial charge is 0.472 e. The maximum Gasteiger partial charge on any atom is 0.472 e. The summed E-state index contributed by atoms with van der Waals surface area (Å²) in [4.78, 5) is 34.3. The number of esters is 2. The predicted molar refractivity (Wildman–Crippen MR) is 198 cm³/mol. The Hall–Kier alpha value is -1.47. The van der Waals surface area contributed by atoms with Crippen LogP contribution in [0.5, 0.6) is 0 Å². The van der Waals surface area contributed by atoms with E-state index in [2.05, 4.69) is 42.7 Å². The number of carbonyl (C=O) groups is 2. The number of ether oxygens (including phenoxy) is 2. The van der Waals surface area contributed by atoms with E-state index >= 15 is 0 Å². The van der Waals surface area contributed by atoms with E-state index in [1.54, 1.807) is 0 Å². The van der Waals surface area contributed by atoms with E-state index < -0.39 is 26.5 Å². The first-order chi connectivity index (χ1) is 23.3. The van der Waals surface area contributed by atoms with Crippen molar-refractivity contribution in [3.63, 3.8) is 0 Å². The van der Waals surface area contributed by atoms with Crippen molar-refractivity contribution in [2.45, 2.75) is 193 Å². The van der Waals surface area contributed by atoms with Crippen LogP contribution in [-0.2, 0) is 32.7 Å². The Bertz CT molecular complexity index is 844. The number of hydrogen-bond donors (Lipinski definition) is 1. The highest BCUT2D eigenvalue weighted by molar-refractivity contribution is 7.47.